The molecule has 0 aliphatic heterocycles. The lowest BCUT2D eigenvalue weighted by atomic mass is 10.2. The van der Waals surface area contributed by atoms with Gasteiger partial charge in [0.05, 0.1) is 12.3 Å². The Morgan fingerprint density at radius 1 is 1.39 bits per heavy atom. The van der Waals surface area contributed by atoms with Crippen molar-refractivity contribution in [3.8, 4) is 5.75 Å². The summed E-state index contributed by atoms with van der Waals surface area (Å²) in [6.45, 7) is 3.64. The van der Waals surface area contributed by atoms with E-state index in [9.17, 15) is 0 Å². The summed E-state index contributed by atoms with van der Waals surface area (Å²) in [5, 5.41) is 12.2. The average Bonchev–Trinajstić information content (AvgIpc) is 3.18. The molecule has 0 amide bonds. The van der Waals surface area contributed by atoms with Crippen LogP contribution < -0.4 is 10.1 Å². The summed E-state index contributed by atoms with van der Waals surface area (Å²) >= 11 is 0. The van der Waals surface area contributed by atoms with Crippen LogP contribution >= 0.6 is 0 Å². The van der Waals surface area contributed by atoms with Crippen molar-refractivity contribution in [2.24, 2.45) is 0 Å². The van der Waals surface area contributed by atoms with E-state index in [-0.39, 0.29) is 6.61 Å². The third kappa shape index (κ3) is 4.27. The fourth-order valence-electron chi connectivity index (χ4n) is 1.78. The molecule has 4 heteroatoms. The number of nitrogens with zero attached hydrogens (tertiary/aromatic N) is 1. The highest BCUT2D eigenvalue weighted by Crippen LogP contribution is 2.22. The van der Waals surface area contributed by atoms with Crippen molar-refractivity contribution in [2.45, 2.75) is 45.2 Å². The summed E-state index contributed by atoms with van der Waals surface area (Å²) < 4.78 is 5.73. The van der Waals surface area contributed by atoms with E-state index in [2.05, 4.69) is 10.3 Å². The van der Waals surface area contributed by atoms with E-state index in [1.807, 2.05) is 19.1 Å². The van der Waals surface area contributed by atoms with Gasteiger partial charge in [-0.25, -0.2) is 0 Å². The van der Waals surface area contributed by atoms with Crippen molar-refractivity contribution in [3.63, 3.8) is 0 Å². The van der Waals surface area contributed by atoms with E-state index in [4.69, 9.17) is 9.84 Å². The molecule has 0 unspecified atom stereocenters. The van der Waals surface area contributed by atoms with Crippen LogP contribution in [0, 0.1) is 6.92 Å². The number of aliphatic hydroxyl groups is 1. The second kappa shape index (κ2) is 6.71. The Kier molecular flexibility index (Phi) is 4.96. The van der Waals surface area contributed by atoms with E-state index < -0.39 is 0 Å². The minimum absolute atomic E-state index is 0.228. The molecule has 18 heavy (non-hydrogen) atoms. The fraction of sp³-hybridized carbons (Fsp3) is 0.643. The van der Waals surface area contributed by atoms with Gasteiger partial charge in [-0.2, -0.15) is 0 Å². The number of hydrogen-bond acceptors (Lipinski definition) is 4. The molecule has 0 radical (unpaired) electrons. The predicted octanol–water partition coefficient (Wildman–Crippen LogP) is 1.79. The number of hydrogen-bond donors (Lipinski definition) is 2. The molecular weight excluding hydrogens is 228 g/mol. The van der Waals surface area contributed by atoms with Gasteiger partial charge >= 0.3 is 0 Å². The van der Waals surface area contributed by atoms with Crippen LogP contribution in [0.15, 0.2) is 12.1 Å². The zero-order valence-corrected chi connectivity index (χ0v) is 11.0. The van der Waals surface area contributed by atoms with Crippen molar-refractivity contribution in [2.75, 3.05) is 13.2 Å². The van der Waals surface area contributed by atoms with Crippen LogP contribution in [-0.2, 0) is 6.54 Å². The first-order valence-corrected chi connectivity index (χ1v) is 6.73. The second-order valence-corrected chi connectivity index (χ2v) is 4.83. The summed E-state index contributed by atoms with van der Waals surface area (Å²) in [7, 11) is 0. The van der Waals surface area contributed by atoms with Gasteiger partial charge in [-0.1, -0.05) is 0 Å². The van der Waals surface area contributed by atoms with Gasteiger partial charge in [0.15, 0.2) is 0 Å². The van der Waals surface area contributed by atoms with Crippen LogP contribution in [0.3, 0.4) is 0 Å². The van der Waals surface area contributed by atoms with Crippen LogP contribution in [0.2, 0.25) is 0 Å². The maximum atomic E-state index is 8.73. The van der Waals surface area contributed by atoms with Crippen molar-refractivity contribution >= 4 is 0 Å². The van der Waals surface area contributed by atoms with Gasteiger partial charge in [-0.3, -0.25) is 4.98 Å². The van der Waals surface area contributed by atoms with Gasteiger partial charge in [-0.15, -0.1) is 0 Å². The number of pyridine rings is 1. The molecule has 0 atom stereocenters. The largest absolute Gasteiger partial charge is 0.492 e. The van der Waals surface area contributed by atoms with Crippen LogP contribution in [-0.4, -0.2) is 29.3 Å². The molecule has 0 bridgehead atoms. The number of aryl methyl sites for hydroxylation is 1. The van der Waals surface area contributed by atoms with Crippen LogP contribution in [0.1, 0.15) is 37.1 Å². The number of unbranched alkanes of at least 4 members (excludes halogenated alkanes) is 1. The Morgan fingerprint density at radius 2 is 2.22 bits per heavy atom. The van der Waals surface area contributed by atoms with Crippen LogP contribution in [0.25, 0.3) is 0 Å². The normalized spacial score (nSPS) is 14.8. The van der Waals surface area contributed by atoms with Crippen molar-refractivity contribution in [1.82, 2.24) is 10.3 Å². The number of aliphatic hydroxyl groups excluding tert-OH is 1. The molecule has 1 aliphatic rings. The van der Waals surface area contributed by atoms with Gasteiger partial charge < -0.3 is 15.2 Å². The van der Waals surface area contributed by atoms with Gasteiger partial charge in [-0.05, 0) is 44.7 Å². The molecule has 1 heterocycles. The molecule has 4 nitrogen and oxygen atoms in total. The lowest BCUT2D eigenvalue weighted by Crippen LogP contribution is -2.17. The number of aromatic nitrogens is 1. The molecule has 1 saturated carbocycles. The molecular formula is C14H22N2O2. The standard InChI is InChI=1S/C14H22N2O2/c1-11-4-7-14(18-9-3-2-8-17)13(16-11)10-15-12-5-6-12/h4,7,12,15,17H,2-3,5-6,8-10H2,1H3. The molecule has 0 aromatic carbocycles. The predicted molar refractivity (Wildman–Crippen MR) is 70.7 cm³/mol. The molecule has 100 valence electrons. The van der Waals surface area contributed by atoms with E-state index in [1.165, 1.54) is 12.8 Å². The third-order valence-electron chi connectivity index (χ3n) is 3.02. The monoisotopic (exact) mass is 250 g/mol. The summed E-state index contributed by atoms with van der Waals surface area (Å²) in [6, 6.07) is 4.64. The molecule has 1 fully saturated rings. The molecule has 0 spiro atoms. The zero-order chi connectivity index (χ0) is 12.8. The lowest BCUT2D eigenvalue weighted by Gasteiger charge is -2.12. The summed E-state index contributed by atoms with van der Waals surface area (Å²) in [6.07, 6.45) is 4.21. The minimum Gasteiger partial charge on any atom is -0.492 e. The van der Waals surface area contributed by atoms with Crippen molar-refractivity contribution < 1.29 is 9.84 Å². The van der Waals surface area contributed by atoms with E-state index >= 15 is 0 Å². The van der Waals surface area contributed by atoms with Crippen molar-refractivity contribution in [1.29, 1.82) is 0 Å². The zero-order valence-electron chi connectivity index (χ0n) is 11.0. The number of ether oxygens (including phenoxy) is 1. The Hall–Kier alpha value is -1.13. The topological polar surface area (TPSA) is 54.4 Å². The smallest absolute Gasteiger partial charge is 0.142 e. The Bertz CT molecular complexity index is 378. The average molecular weight is 250 g/mol. The van der Waals surface area contributed by atoms with Gasteiger partial charge in [0.25, 0.3) is 0 Å². The van der Waals surface area contributed by atoms with Crippen molar-refractivity contribution in [3.05, 3.63) is 23.5 Å². The molecule has 2 N–H and O–H groups in total. The first-order chi connectivity index (χ1) is 8.79. The van der Waals surface area contributed by atoms with Crippen LogP contribution in [0.5, 0.6) is 5.75 Å². The molecule has 1 aromatic rings. The maximum Gasteiger partial charge on any atom is 0.142 e. The third-order valence-corrected chi connectivity index (χ3v) is 3.02. The Labute approximate surface area is 108 Å². The Morgan fingerprint density at radius 3 is 2.94 bits per heavy atom. The first kappa shape index (κ1) is 13.3. The Balaban J connectivity index is 1.88. The van der Waals surface area contributed by atoms with E-state index in [0.29, 0.717) is 12.6 Å². The number of rotatable bonds is 8. The molecule has 2 rings (SSSR count). The van der Waals surface area contributed by atoms with Gasteiger partial charge in [0, 0.05) is 24.9 Å². The van der Waals surface area contributed by atoms with E-state index in [1.54, 1.807) is 0 Å². The highest BCUT2D eigenvalue weighted by molar-refractivity contribution is 5.29. The van der Waals surface area contributed by atoms with Crippen LogP contribution in [0.4, 0.5) is 0 Å². The molecule has 1 aromatic heterocycles. The van der Waals surface area contributed by atoms with Gasteiger partial charge in [0.2, 0.25) is 0 Å². The number of nitrogens with one attached hydrogen (secondary N) is 1. The SMILES string of the molecule is Cc1ccc(OCCCCO)c(CNC2CC2)n1. The highest BCUT2D eigenvalue weighted by atomic mass is 16.5. The quantitative estimate of drug-likeness (QED) is 0.691. The molecule has 1 aliphatic carbocycles. The summed E-state index contributed by atoms with van der Waals surface area (Å²) in [5.74, 6) is 0.867. The van der Waals surface area contributed by atoms with Gasteiger partial charge in [0.1, 0.15) is 5.75 Å². The summed E-state index contributed by atoms with van der Waals surface area (Å²) in [5.41, 5.74) is 2.01. The van der Waals surface area contributed by atoms with E-state index in [0.717, 1.165) is 36.5 Å². The second-order valence-electron chi connectivity index (χ2n) is 4.83. The lowest BCUT2D eigenvalue weighted by molar-refractivity contribution is 0.251. The summed E-state index contributed by atoms with van der Waals surface area (Å²) in [4.78, 5) is 4.53. The highest BCUT2D eigenvalue weighted by Gasteiger charge is 2.21. The minimum atomic E-state index is 0.228. The molecule has 0 saturated heterocycles. The fourth-order valence-corrected chi connectivity index (χ4v) is 1.78. The first-order valence-electron chi connectivity index (χ1n) is 6.73. The maximum absolute atomic E-state index is 8.73.